The van der Waals surface area contributed by atoms with Gasteiger partial charge in [-0.15, -0.1) is 0 Å². The summed E-state index contributed by atoms with van der Waals surface area (Å²) in [6.45, 7) is 2.80. The van der Waals surface area contributed by atoms with E-state index in [-0.39, 0.29) is 11.1 Å². The standard InChI is InChI=1S/C26H24N6O3/c1-3-11-31-14-18(13-28-31)32-15-20(25(34)29-17-8-6-7-16(12-17)24(27)33)22-19-9-4-5-10-21(19)30(2)26(35)23(22)32/h4-10,12-15H,3,11H2,1-2H3,(H2,27,33)(H,29,34). The minimum Gasteiger partial charge on any atom is -0.366 e. The maximum atomic E-state index is 13.5. The summed E-state index contributed by atoms with van der Waals surface area (Å²) >= 11 is 0. The molecule has 0 aliphatic heterocycles. The molecule has 0 radical (unpaired) electrons. The van der Waals surface area contributed by atoms with Crippen LogP contribution in [0.1, 0.15) is 34.1 Å². The zero-order valence-corrected chi connectivity index (χ0v) is 19.4. The fraction of sp³-hybridized carbons (Fsp3) is 0.154. The average molecular weight is 469 g/mol. The SMILES string of the molecule is CCCn1cc(-n2cc(C(=O)Nc3cccc(C(N)=O)c3)c3c4ccccc4n(C)c(=O)c32)cn1. The molecule has 0 fully saturated rings. The van der Waals surface area contributed by atoms with Crippen molar-refractivity contribution < 1.29 is 9.59 Å². The Hall–Kier alpha value is -4.66. The van der Waals surface area contributed by atoms with Crippen molar-refractivity contribution in [3.05, 3.63) is 88.6 Å². The van der Waals surface area contributed by atoms with E-state index in [2.05, 4.69) is 17.3 Å². The van der Waals surface area contributed by atoms with Crippen LogP contribution in [-0.2, 0) is 13.6 Å². The van der Waals surface area contributed by atoms with Crippen molar-refractivity contribution in [2.75, 3.05) is 5.32 Å². The zero-order chi connectivity index (χ0) is 24.7. The highest BCUT2D eigenvalue weighted by Crippen LogP contribution is 2.30. The van der Waals surface area contributed by atoms with Gasteiger partial charge in [-0.3, -0.25) is 19.1 Å². The normalized spacial score (nSPS) is 11.3. The van der Waals surface area contributed by atoms with Gasteiger partial charge in [-0.25, -0.2) is 0 Å². The molecule has 0 atom stereocenters. The molecule has 5 rings (SSSR count). The van der Waals surface area contributed by atoms with Gasteiger partial charge in [0.15, 0.2) is 0 Å². The number of amides is 2. The fourth-order valence-electron chi connectivity index (χ4n) is 4.39. The molecule has 0 unspecified atom stereocenters. The van der Waals surface area contributed by atoms with Crippen LogP contribution in [0.15, 0.2) is 71.9 Å². The number of nitrogens with zero attached hydrogens (tertiary/aromatic N) is 4. The number of carbonyl (C=O) groups is 2. The Morgan fingerprint density at radius 1 is 1.09 bits per heavy atom. The second-order valence-corrected chi connectivity index (χ2v) is 8.38. The van der Waals surface area contributed by atoms with Gasteiger partial charge in [0.05, 0.1) is 23.0 Å². The summed E-state index contributed by atoms with van der Waals surface area (Å²) in [5.74, 6) is -0.994. The number of rotatable bonds is 6. The number of anilines is 1. The Kier molecular flexibility index (Phi) is 5.44. The molecule has 2 aromatic carbocycles. The molecular formula is C26H24N6O3. The Bertz CT molecular complexity index is 1670. The third-order valence-corrected chi connectivity index (χ3v) is 6.05. The Morgan fingerprint density at radius 3 is 2.66 bits per heavy atom. The summed E-state index contributed by atoms with van der Waals surface area (Å²) in [7, 11) is 1.72. The summed E-state index contributed by atoms with van der Waals surface area (Å²) in [4.78, 5) is 38.6. The summed E-state index contributed by atoms with van der Waals surface area (Å²) in [6.07, 6.45) is 6.12. The molecule has 9 nitrogen and oxygen atoms in total. The number of nitrogens with one attached hydrogen (secondary N) is 1. The molecule has 0 saturated heterocycles. The van der Waals surface area contributed by atoms with Crippen LogP contribution in [0.2, 0.25) is 0 Å². The Morgan fingerprint density at radius 2 is 1.89 bits per heavy atom. The maximum Gasteiger partial charge on any atom is 0.275 e. The quantitative estimate of drug-likeness (QED) is 0.397. The molecule has 3 heterocycles. The van der Waals surface area contributed by atoms with Crippen molar-refractivity contribution >= 4 is 39.3 Å². The van der Waals surface area contributed by atoms with E-state index in [1.807, 2.05) is 35.1 Å². The van der Waals surface area contributed by atoms with Gasteiger partial charge in [0.2, 0.25) is 5.91 Å². The summed E-state index contributed by atoms with van der Waals surface area (Å²) in [5, 5.41) is 8.57. The minimum atomic E-state index is -0.587. The van der Waals surface area contributed by atoms with Gasteiger partial charge in [0.25, 0.3) is 11.5 Å². The van der Waals surface area contributed by atoms with Gasteiger partial charge in [-0.1, -0.05) is 31.2 Å². The van der Waals surface area contributed by atoms with Gasteiger partial charge >= 0.3 is 0 Å². The fourth-order valence-corrected chi connectivity index (χ4v) is 4.39. The monoisotopic (exact) mass is 468 g/mol. The molecule has 9 heteroatoms. The predicted molar refractivity (Wildman–Crippen MR) is 135 cm³/mol. The number of carbonyl (C=O) groups excluding carboxylic acids is 2. The molecule has 176 valence electrons. The number of nitrogens with two attached hydrogens (primary N) is 1. The number of fused-ring (bicyclic) bond motifs is 3. The molecule has 0 saturated carbocycles. The molecule has 0 aliphatic rings. The van der Waals surface area contributed by atoms with Crippen molar-refractivity contribution in [3.8, 4) is 5.69 Å². The van der Waals surface area contributed by atoms with Crippen LogP contribution in [0.3, 0.4) is 0 Å². The van der Waals surface area contributed by atoms with Crippen molar-refractivity contribution in [3.63, 3.8) is 0 Å². The first kappa shape index (κ1) is 22.1. The number of primary amides is 1. The maximum absolute atomic E-state index is 13.5. The van der Waals surface area contributed by atoms with Gasteiger partial charge in [-0.05, 0) is 30.7 Å². The first-order chi connectivity index (χ1) is 16.9. The van der Waals surface area contributed by atoms with E-state index in [0.717, 1.165) is 18.4 Å². The first-order valence-corrected chi connectivity index (χ1v) is 11.3. The Labute approximate surface area is 200 Å². The molecule has 3 N–H and O–H groups in total. The topological polar surface area (TPSA) is 117 Å². The second-order valence-electron chi connectivity index (χ2n) is 8.38. The van der Waals surface area contributed by atoms with Crippen LogP contribution in [0, 0.1) is 0 Å². The van der Waals surface area contributed by atoms with Crippen LogP contribution >= 0.6 is 0 Å². The van der Waals surface area contributed by atoms with E-state index >= 15 is 0 Å². The van der Waals surface area contributed by atoms with Crippen LogP contribution in [-0.4, -0.2) is 30.7 Å². The van der Waals surface area contributed by atoms with E-state index < -0.39 is 11.8 Å². The molecule has 2 amide bonds. The van der Waals surface area contributed by atoms with Crippen molar-refractivity contribution in [1.82, 2.24) is 18.9 Å². The highest BCUT2D eigenvalue weighted by molar-refractivity contribution is 6.20. The van der Waals surface area contributed by atoms with Crippen LogP contribution in [0.25, 0.3) is 27.5 Å². The summed E-state index contributed by atoms with van der Waals surface area (Å²) in [6, 6.07) is 13.9. The number of para-hydroxylation sites is 1. The van der Waals surface area contributed by atoms with Gasteiger partial charge < -0.3 is 20.2 Å². The average Bonchev–Trinajstić information content (AvgIpc) is 3.48. The lowest BCUT2D eigenvalue weighted by atomic mass is 10.1. The molecule has 5 aromatic rings. The Balaban J connectivity index is 1.74. The third kappa shape index (κ3) is 3.76. The number of aromatic nitrogens is 4. The molecule has 0 aliphatic carbocycles. The third-order valence-electron chi connectivity index (χ3n) is 6.05. The number of hydrogen-bond acceptors (Lipinski definition) is 4. The second kappa shape index (κ2) is 8.60. The number of pyridine rings is 1. The molecule has 35 heavy (non-hydrogen) atoms. The number of aryl methyl sites for hydroxylation is 2. The van der Waals surface area contributed by atoms with Gasteiger partial charge in [0.1, 0.15) is 5.52 Å². The minimum absolute atomic E-state index is 0.225. The molecule has 0 bridgehead atoms. The lowest BCUT2D eigenvalue weighted by molar-refractivity contribution is 0.0996. The lowest BCUT2D eigenvalue weighted by Gasteiger charge is -2.09. The summed E-state index contributed by atoms with van der Waals surface area (Å²) < 4.78 is 5.11. The zero-order valence-electron chi connectivity index (χ0n) is 19.4. The summed E-state index contributed by atoms with van der Waals surface area (Å²) in [5.41, 5.74) is 7.99. The lowest BCUT2D eigenvalue weighted by Crippen LogP contribution is -2.19. The van der Waals surface area contributed by atoms with E-state index in [1.165, 1.54) is 6.07 Å². The van der Waals surface area contributed by atoms with Crippen LogP contribution in [0.5, 0.6) is 0 Å². The molecule has 0 spiro atoms. The molecule has 3 aromatic heterocycles. The largest absolute Gasteiger partial charge is 0.366 e. The van der Waals surface area contributed by atoms with Crippen LogP contribution in [0.4, 0.5) is 5.69 Å². The molecular weight excluding hydrogens is 444 g/mol. The highest BCUT2D eigenvalue weighted by atomic mass is 16.2. The smallest absolute Gasteiger partial charge is 0.275 e. The van der Waals surface area contributed by atoms with Crippen molar-refractivity contribution in [2.45, 2.75) is 19.9 Å². The van der Waals surface area contributed by atoms with Gasteiger partial charge in [0, 0.05) is 48.0 Å². The van der Waals surface area contributed by atoms with E-state index in [1.54, 1.807) is 46.8 Å². The van der Waals surface area contributed by atoms with E-state index in [4.69, 9.17) is 5.73 Å². The predicted octanol–water partition coefficient (Wildman–Crippen LogP) is 3.44. The first-order valence-electron chi connectivity index (χ1n) is 11.3. The van der Waals surface area contributed by atoms with E-state index in [0.29, 0.717) is 33.4 Å². The highest BCUT2D eigenvalue weighted by Gasteiger charge is 2.23. The van der Waals surface area contributed by atoms with Gasteiger partial charge in [-0.2, -0.15) is 5.10 Å². The number of hydrogen-bond donors (Lipinski definition) is 2. The van der Waals surface area contributed by atoms with Crippen molar-refractivity contribution in [1.29, 1.82) is 0 Å². The van der Waals surface area contributed by atoms with E-state index in [9.17, 15) is 14.4 Å². The number of benzene rings is 2. The van der Waals surface area contributed by atoms with Crippen molar-refractivity contribution in [2.24, 2.45) is 12.8 Å². The van der Waals surface area contributed by atoms with Crippen LogP contribution < -0.4 is 16.6 Å².